The summed E-state index contributed by atoms with van der Waals surface area (Å²) in [5.74, 6) is 0. The largest absolute Gasteiger partial charge is 0.310 e. The van der Waals surface area contributed by atoms with Crippen molar-refractivity contribution in [2.75, 3.05) is 4.90 Å². The Kier molecular flexibility index (Phi) is 13.8. The first-order valence-corrected chi connectivity index (χ1v) is 27.3. The third-order valence-electron chi connectivity index (χ3n) is 15.8. The monoisotopic (exact) mass is 951 g/mol. The van der Waals surface area contributed by atoms with Crippen LogP contribution in [0.4, 0.5) is 17.1 Å². The van der Waals surface area contributed by atoms with Crippen LogP contribution in [0.2, 0.25) is 0 Å². The standard InChI is InChI=1S/C71H70N2/c1-6-7-8-9-10-11-12-13-14-16-23-52-42-50(2)43-57(46-52)58-44-51(3)45-62(47-58)73-69-29-22-20-27-65(69)66-48-56(34-41-70(66)73)55-32-37-60(38-33-55)72(59-35-30-54(31-36-59)53-24-17-15-18-25-53)61-39-40-64-63-26-19-21-28-67(63)71(4,5)68(64)49-61/h15,17-22,24-49H,6-14,16,23H2,1-5H3. The molecule has 0 N–H and O–H groups in total. The van der Waals surface area contributed by atoms with Crippen LogP contribution in [0, 0.1) is 13.8 Å². The number of nitrogens with zero attached hydrogens (tertiary/aromatic N) is 2. The fourth-order valence-electron chi connectivity index (χ4n) is 12.0. The van der Waals surface area contributed by atoms with E-state index in [0.717, 1.165) is 23.5 Å². The van der Waals surface area contributed by atoms with E-state index in [0.29, 0.717) is 0 Å². The zero-order chi connectivity index (χ0) is 49.9. The number of aryl methyl sites for hydroxylation is 3. The number of unbranched alkanes of at least 4 members (excludes halogenated alkanes) is 9. The molecule has 0 amide bonds. The summed E-state index contributed by atoms with van der Waals surface area (Å²) in [5, 5.41) is 2.52. The molecule has 1 aliphatic rings. The predicted octanol–water partition coefficient (Wildman–Crippen LogP) is 20.6. The van der Waals surface area contributed by atoms with Gasteiger partial charge in [-0.25, -0.2) is 0 Å². The van der Waals surface area contributed by atoms with Crippen LogP contribution in [0.25, 0.3) is 72.0 Å². The van der Waals surface area contributed by atoms with Gasteiger partial charge in [0.1, 0.15) is 0 Å². The van der Waals surface area contributed by atoms with Crippen molar-refractivity contribution in [3.63, 3.8) is 0 Å². The summed E-state index contributed by atoms with van der Waals surface area (Å²) >= 11 is 0. The second kappa shape index (κ2) is 21.0. The highest BCUT2D eigenvalue weighted by molar-refractivity contribution is 6.10. The first-order chi connectivity index (χ1) is 35.7. The minimum absolute atomic E-state index is 0.102. The first-order valence-electron chi connectivity index (χ1n) is 27.3. The molecule has 10 aromatic rings. The molecule has 1 heterocycles. The molecular weight excluding hydrogens is 881 g/mol. The summed E-state index contributed by atoms with van der Waals surface area (Å²) in [6.07, 6.45) is 14.8. The zero-order valence-electron chi connectivity index (χ0n) is 43.7. The normalized spacial score (nSPS) is 12.6. The van der Waals surface area contributed by atoms with E-state index >= 15 is 0 Å². The summed E-state index contributed by atoms with van der Waals surface area (Å²) < 4.78 is 2.48. The summed E-state index contributed by atoms with van der Waals surface area (Å²) in [6.45, 7) is 11.5. The number of anilines is 3. The van der Waals surface area contributed by atoms with Crippen molar-refractivity contribution in [1.29, 1.82) is 0 Å². The summed E-state index contributed by atoms with van der Waals surface area (Å²) in [6, 6.07) is 75.2. The van der Waals surface area contributed by atoms with Crippen LogP contribution in [-0.4, -0.2) is 4.57 Å². The lowest BCUT2D eigenvalue weighted by atomic mass is 9.82. The van der Waals surface area contributed by atoms with Crippen molar-refractivity contribution in [1.82, 2.24) is 4.57 Å². The van der Waals surface area contributed by atoms with Gasteiger partial charge in [-0.15, -0.1) is 0 Å². The van der Waals surface area contributed by atoms with Crippen molar-refractivity contribution < 1.29 is 0 Å². The Morgan fingerprint density at radius 2 is 0.932 bits per heavy atom. The number of rotatable bonds is 18. The number of fused-ring (bicyclic) bond motifs is 6. The molecule has 0 radical (unpaired) electrons. The van der Waals surface area contributed by atoms with E-state index in [1.54, 1.807) is 0 Å². The van der Waals surface area contributed by atoms with Crippen LogP contribution in [0.1, 0.15) is 113 Å². The molecule has 364 valence electrons. The average molecular weight is 951 g/mol. The molecular formula is C71H70N2. The number of aromatic nitrogens is 1. The minimum atomic E-state index is -0.102. The molecule has 0 saturated heterocycles. The van der Waals surface area contributed by atoms with Crippen molar-refractivity contribution >= 4 is 38.9 Å². The quantitative estimate of drug-likeness (QED) is 0.0778. The van der Waals surface area contributed by atoms with Gasteiger partial charge in [-0.2, -0.15) is 0 Å². The van der Waals surface area contributed by atoms with E-state index in [4.69, 9.17) is 0 Å². The minimum Gasteiger partial charge on any atom is -0.310 e. The SMILES string of the molecule is CCCCCCCCCCCCc1cc(C)cc(-c2cc(C)cc(-n3c4ccccc4c4cc(-c5ccc(N(c6ccc(-c7ccccc7)cc6)c6ccc7c(c6)C(C)(C)c6ccccc6-7)cc5)ccc43)c2)c1. The Morgan fingerprint density at radius 3 is 1.66 bits per heavy atom. The van der Waals surface area contributed by atoms with Gasteiger partial charge in [0.25, 0.3) is 0 Å². The van der Waals surface area contributed by atoms with E-state index in [2.05, 4.69) is 244 Å². The third-order valence-corrected chi connectivity index (χ3v) is 15.8. The Morgan fingerprint density at radius 1 is 0.384 bits per heavy atom. The van der Waals surface area contributed by atoms with Crippen LogP contribution in [0.15, 0.2) is 200 Å². The van der Waals surface area contributed by atoms with Gasteiger partial charge in [-0.3, -0.25) is 0 Å². The van der Waals surface area contributed by atoms with Crippen LogP contribution >= 0.6 is 0 Å². The molecule has 0 aliphatic heterocycles. The Labute approximate surface area is 435 Å². The van der Waals surface area contributed by atoms with E-state index in [-0.39, 0.29) is 5.41 Å². The summed E-state index contributed by atoms with van der Waals surface area (Å²) in [5.41, 5.74) is 23.8. The fraction of sp³-hybridized carbons (Fsp3) is 0.239. The van der Waals surface area contributed by atoms with Gasteiger partial charge in [0.05, 0.1) is 11.0 Å². The molecule has 11 rings (SSSR count). The Balaban J connectivity index is 0.889. The van der Waals surface area contributed by atoms with Gasteiger partial charge in [-0.1, -0.05) is 218 Å². The highest BCUT2D eigenvalue weighted by Crippen LogP contribution is 2.51. The maximum absolute atomic E-state index is 2.48. The maximum atomic E-state index is 2.48. The molecule has 0 bridgehead atoms. The van der Waals surface area contributed by atoms with Gasteiger partial charge in [0.2, 0.25) is 0 Å². The molecule has 73 heavy (non-hydrogen) atoms. The molecule has 2 heteroatoms. The third kappa shape index (κ3) is 9.81. The number of hydrogen-bond acceptors (Lipinski definition) is 1. The first kappa shape index (κ1) is 47.9. The van der Waals surface area contributed by atoms with Gasteiger partial charge in [-0.05, 0) is 160 Å². The van der Waals surface area contributed by atoms with Gasteiger partial charge in [0, 0.05) is 38.9 Å². The van der Waals surface area contributed by atoms with Crippen LogP contribution in [0.5, 0.6) is 0 Å². The second-order valence-corrected chi connectivity index (χ2v) is 21.5. The molecule has 2 nitrogen and oxygen atoms in total. The molecule has 0 atom stereocenters. The van der Waals surface area contributed by atoms with Crippen LogP contribution < -0.4 is 4.90 Å². The smallest absolute Gasteiger partial charge is 0.0541 e. The zero-order valence-corrected chi connectivity index (χ0v) is 43.7. The highest BCUT2D eigenvalue weighted by atomic mass is 15.1. The molecule has 0 unspecified atom stereocenters. The number of benzene rings is 9. The maximum Gasteiger partial charge on any atom is 0.0541 e. The summed E-state index contributed by atoms with van der Waals surface area (Å²) in [4.78, 5) is 2.42. The lowest BCUT2D eigenvalue weighted by Crippen LogP contribution is -2.16. The molecule has 9 aromatic carbocycles. The average Bonchev–Trinajstić information content (AvgIpc) is 3.87. The Hall–Kier alpha value is -7.42. The predicted molar refractivity (Wildman–Crippen MR) is 314 cm³/mol. The number of hydrogen-bond donors (Lipinski definition) is 0. The second-order valence-electron chi connectivity index (χ2n) is 21.5. The molecule has 1 aromatic heterocycles. The molecule has 1 aliphatic carbocycles. The van der Waals surface area contributed by atoms with Crippen molar-refractivity contribution in [2.45, 2.75) is 111 Å². The lowest BCUT2D eigenvalue weighted by Gasteiger charge is -2.28. The van der Waals surface area contributed by atoms with E-state index in [1.165, 1.54) is 164 Å². The fourth-order valence-corrected chi connectivity index (χ4v) is 12.0. The molecule has 0 fully saturated rings. The highest BCUT2D eigenvalue weighted by Gasteiger charge is 2.35. The lowest BCUT2D eigenvalue weighted by molar-refractivity contribution is 0.556. The molecule has 0 saturated carbocycles. The van der Waals surface area contributed by atoms with E-state index < -0.39 is 0 Å². The van der Waals surface area contributed by atoms with Gasteiger partial charge >= 0.3 is 0 Å². The van der Waals surface area contributed by atoms with Crippen molar-refractivity contribution in [2.24, 2.45) is 0 Å². The number of para-hydroxylation sites is 1. The van der Waals surface area contributed by atoms with Crippen LogP contribution in [0.3, 0.4) is 0 Å². The Bertz CT molecular complexity index is 3530. The van der Waals surface area contributed by atoms with Crippen LogP contribution in [-0.2, 0) is 11.8 Å². The van der Waals surface area contributed by atoms with Gasteiger partial charge in [0.15, 0.2) is 0 Å². The van der Waals surface area contributed by atoms with E-state index in [9.17, 15) is 0 Å². The van der Waals surface area contributed by atoms with Crippen molar-refractivity contribution in [3.05, 3.63) is 228 Å². The van der Waals surface area contributed by atoms with Gasteiger partial charge < -0.3 is 9.47 Å². The van der Waals surface area contributed by atoms with Crippen molar-refractivity contribution in [3.8, 4) is 50.2 Å². The molecule has 0 spiro atoms. The summed E-state index contributed by atoms with van der Waals surface area (Å²) in [7, 11) is 0. The topological polar surface area (TPSA) is 8.17 Å². The van der Waals surface area contributed by atoms with E-state index in [1.807, 2.05) is 0 Å².